The van der Waals surface area contributed by atoms with Crippen LogP contribution in [0.1, 0.15) is 22.2 Å². The van der Waals surface area contributed by atoms with Crippen LogP contribution in [-0.2, 0) is 23.0 Å². The minimum atomic E-state index is -3.39. The van der Waals surface area contributed by atoms with Gasteiger partial charge in [0.1, 0.15) is 4.21 Å². The summed E-state index contributed by atoms with van der Waals surface area (Å²) in [5, 5.41) is 5.23. The molecule has 0 unspecified atom stereocenters. The molecule has 0 saturated heterocycles. The van der Waals surface area contributed by atoms with E-state index in [1.807, 2.05) is 31.4 Å². The molecule has 0 aliphatic carbocycles. The summed E-state index contributed by atoms with van der Waals surface area (Å²) in [4.78, 5) is 2.27. The van der Waals surface area contributed by atoms with Gasteiger partial charge in [-0.25, -0.2) is 13.1 Å². The molecule has 0 aromatic carbocycles. The zero-order valence-electron chi connectivity index (χ0n) is 12.2. The van der Waals surface area contributed by atoms with Crippen molar-refractivity contribution in [3.63, 3.8) is 0 Å². The lowest BCUT2D eigenvalue weighted by Crippen LogP contribution is -2.25. The third kappa shape index (κ3) is 4.62. The number of thiophene rings is 2. The Bertz CT molecular complexity index is 660. The van der Waals surface area contributed by atoms with Crippen LogP contribution in [0.5, 0.6) is 0 Å². The maximum absolute atomic E-state index is 12.3. The first kappa shape index (κ1) is 16.6. The van der Waals surface area contributed by atoms with E-state index in [2.05, 4.69) is 10.0 Å². The van der Waals surface area contributed by atoms with Crippen molar-refractivity contribution in [3.05, 3.63) is 38.9 Å². The summed E-state index contributed by atoms with van der Waals surface area (Å²) in [6.45, 7) is 6.01. The molecule has 116 valence electrons. The van der Waals surface area contributed by atoms with Crippen molar-refractivity contribution >= 4 is 32.7 Å². The lowest BCUT2D eigenvalue weighted by Gasteiger charge is -2.03. The predicted molar refractivity (Wildman–Crippen MR) is 89.6 cm³/mol. The summed E-state index contributed by atoms with van der Waals surface area (Å²) in [5.41, 5.74) is 1.03. The van der Waals surface area contributed by atoms with E-state index < -0.39 is 10.0 Å². The number of nitrogens with one attached hydrogen (secondary N) is 2. The van der Waals surface area contributed by atoms with Gasteiger partial charge >= 0.3 is 0 Å². The Balaban J connectivity index is 1.98. The number of hydrogen-bond acceptors (Lipinski definition) is 5. The zero-order valence-corrected chi connectivity index (χ0v) is 14.6. The number of aryl methyl sites for hydroxylation is 1. The summed E-state index contributed by atoms with van der Waals surface area (Å²) in [6.07, 6.45) is 0.728. The second kappa shape index (κ2) is 7.51. The Morgan fingerprint density at radius 1 is 1.33 bits per heavy atom. The van der Waals surface area contributed by atoms with Crippen molar-refractivity contribution in [1.82, 2.24) is 10.0 Å². The van der Waals surface area contributed by atoms with Crippen molar-refractivity contribution < 1.29 is 8.42 Å². The van der Waals surface area contributed by atoms with E-state index in [1.54, 1.807) is 17.4 Å². The number of sulfonamides is 1. The van der Waals surface area contributed by atoms with Crippen LogP contribution in [-0.4, -0.2) is 21.5 Å². The topological polar surface area (TPSA) is 58.2 Å². The maximum atomic E-state index is 12.3. The molecule has 0 aliphatic heterocycles. The molecule has 0 radical (unpaired) electrons. The summed E-state index contributed by atoms with van der Waals surface area (Å²) in [6, 6.07) is 5.75. The molecule has 7 heteroatoms. The second-order valence-electron chi connectivity index (χ2n) is 4.68. The highest BCUT2D eigenvalue weighted by Crippen LogP contribution is 2.25. The Labute approximate surface area is 134 Å². The third-order valence-electron chi connectivity index (χ3n) is 3.04. The fourth-order valence-corrected chi connectivity index (χ4v) is 5.21. The van der Waals surface area contributed by atoms with Crippen molar-refractivity contribution in [2.75, 3.05) is 13.1 Å². The van der Waals surface area contributed by atoms with Gasteiger partial charge in [-0.1, -0.05) is 13.0 Å². The third-order valence-corrected chi connectivity index (χ3v) is 7.15. The highest BCUT2D eigenvalue weighted by atomic mass is 32.2. The van der Waals surface area contributed by atoms with Gasteiger partial charge in [0.25, 0.3) is 0 Å². The van der Waals surface area contributed by atoms with E-state index in [0.717, 1.165) is 30.0 Å². The number of rotatable bonds is 8. The van der Waals surface area contributed by atoms with Gasteiger partial charge < -0.3 is 5.32 Å². The molecule has 2 heterocycles. The van der Waals surface area contributed by atoms with Crippen molar-refractivity contribution in [2.45, 2.75) is 31.0 Å². The number of hydrogen-bond donors (Lipinski definition) is 2. The first-order valence-corrected chi connectivity index (χ1v) is 10.0. The minimum absolute atomic E-state index is 0.402. The lowest BCUT2D eigenvalue weighted by atomic mass is 10.3. The Morgan fingerprint density at radius 2 is 2.14 bits per heavy atom. The molecule has 0 fully saturated rings. The Kier molecular flexibility index (Phi) is 5.95. The van der Waals surface area contributed by atoms with Crippen molar-refractivity contribution in [3.8, 4) is 0 Å². The molecule has 0 aliphatic rings. The highest BCUT2D eigenvalue weighted by Gasteiger charge is 2.18. The largest absolute Gasteiger partial charge is 0.312 e. The monoisotopic (exact) mass is 344 g/mol. The van der Waals surface area contributed by atoms with Crippen molar-refractivity contribution in [1.29, 1.82) is 0 Å². The summed E-state index contributed by atoms with van der Waals surface area (Å²) in [7, 11) is -3.39. The van der Waals surface area contributed by atoms with Gasteiger partial charge in [0.2, 0.25) is 10.0 Å². The van der Waals surface area contributed by atoms with Crippen LogP contribution in [0.15, 0.2) is 27.8 Å². The smallest absolute Gasteiger partial charge is 0.250 e. The van der Waals surface area contributed by atoms with E-state index in [1.165, 1.54) is 16.2 Å². The molecular weight excluding hydrogens is 324 g/mol. The van der Waals surface area contributed by atoms with Crippen LogP contribution in [0.25, 0.3) is 0 Å². The van der Waals surface area contributed by atoms with E-state index in [0.29, 0.717) is 10.8 Å². The van der Waals surface area contributed by atoms with Crippen molar-refractivity contribution in [2.24, 2.45) is 0 Å². The quantitative estimate of drug-likeness (QED) is 0.774. The fraction of sp³-hybridized carbons (Fsp3) is 0.429. The highest BCUT2D eigenvalue weighted by molar-refractivity contribution is 7.91. The van der Waals surface area contributed by atoms with Crippen LogP contribution in [0.4, 0.5) is 0 Å². The van der Waals surface area contributed by atoms with E-state index in [4.69, 9.17) is 0 Å². The molecule has 0 atom stereocenters. The molecule has 2 aromatic rings. The van der Waals surface area contributed by atoms with Crippen LogP contribution < -0.4 is 10.0 Å². The van der Waals surface area contributed by atoms with Gasteiger partial charge in [-0.3, -0.25) is 0 Å². The van der Waals surface area contributed by atoms with Gasteiger partial charge in [-0.15, -0.1) is 22.7 Å². The molecule has 2 N–H and O–H groups in total. The van der Waals surface area contributed by atoms with Gasteiger partial charge in [-0.05, 0) is 43.0 Å². The van der Waals surface area contributed by atoms with Gasteiger partial charge in [0, 0.05) is 22.8 Å². The molecule has 2 rings (SSSR count). The molecule has 0 bridgehead atoms. The minimum Gasteiger partial charge on any atom is -0.312 e. The van der Waals surface area contributed by atoms with Crippen LogP contribution in [0.3, 0.4) is 0 Å². The fourth-order valence-electron chi connectivity index (χ4n) is 1.87. The molecule has 0 saturated carbocycles. The van der Waals surface area contributed by atoms with Crippen LogP contribution in [0, 0.1) is 6.92 Å². The molecule has 0 spiro atoms. The predicted octanol–water partition coefficient (Wildman–Crippen LogP) is 2.75. The SMILES string of the molecule is CCNCc1sc(S(=O)(=O)NCCc2cccs2)cc1C. The molecule has 2 aromatic heterocycles. The van der Waals surface area contributed by atoms with Crippen LogP contribution >= 0.6 is 22.7 Å². The van der Waals surface area contributed by atoms with E-state index in [-0.39, 0.29) is 0 Å². The van der Waals surface area contributed by atoms with Gasteiger partial charge in [0.05, 0.1) is 0 Å². The lowest BCUT2D eigenvalue weighted by molar-refractivity contribution is 0.584. The standard InChI is InChI=1S/C14H20N2O2S3/c1-3-15-10-13-11(2)9-14(20-13)21(17,18)16-7-6-12-5-4-8-19-12/h4-5,8-9,15-16H,3,6-7,10H2,1-2H3. The van der Waals surface area contributed by atoms with E-state index >= 15 is 0 Å². The molecule has 4 nitrogen and oxygen atoms in total. The molecule has 0 amide bonds. The molecular formula is C14H20N2O2S3. The maximum Gasteiger partial charge on any atom is 0.250 e. The summed E-state index contributed by atoms with van der Waals surface area (Å²) < 4.78 is 27.6. The Hall–Kier alpha value is -0.730. The average molecular weight is 345 g/mol. The average Bonchev–Trinajstić information content (AvgIpc) is 3.06. The molecule has 21 heavy (non-hydrogen) atoms. The zero-order chi connectivity index (χ0) is 15.3. The summed E-state index contributed by atoms with van der Waals surface area (Å²) >= 11 is 2.99. The first-order chi connectivity index (χ1) is 10.0. The first-order valence-electron chi connectivity index (χ1n) is 6.85. The normalized spacial score (nSPS) is 11.9. The summed E-state index contributed by atoms with van der Waals surface area (Å²) in [5.74, 6) is 0. The van der Waals surface area contributed by atoms with Gasteiger partial charge in [0.15, 0.2) is 0 Å². The van der Waals surface area contributed by atoms with E-state index in [9.17, 15) is 8.42 Å². The van der Waals surface area contributed by atoms with Crippen LogP contribution in [0.2, 0.25) is 0 Å². The second-order valence-corrected chi connectivity index (χ2v) is 8.84. The Morgan fingerprint density at radius 3 is 2.81 bits per heavy atom. The van der Waals surface area contributed by atoms with Gasteiger partial charge in [-0.2, -0.15) is 0 Å².